The highest BCUT2D eigenvalue weighted by Gasteiger charge is 2.38. The SMILES string of the molecule is CCc1cnn(-c2ccc(-c3cn(-c4cccc(O)c4)nn3)cc2)c1C(F)(F)F.O=C=O. The fourth-order valence-corrected chi connectivity index (χ4v) is 3.07. The average Bonchev–Trinajstić information content (AvgIpc) is 3.42. The predicted molar refractivity (Wildman–Crippen MR) is 105 cm³/mol. The van der Waals surface area contributed by atoms with E-state index < -0.39 is 11.9 Å². The van der Waals surface area contributed by atoms with Gasteiger partial charge in [0.1, 0.15) is 11.4 Å². The fourth-order valence-electron chi connectivity index (χ4n) is 3.07. The van der Waals surface area contributed by atoms with Gasteiger partial charge in [0, 0.05) is 17.2 Å². The zero-order valence-corrected chi connectivity index (χ0v) is 16.6. The van der Waals surface area contributed by atoms with Crippen molar-refractivity contribution in [2.75, 3.05) is 0 Å². The van der Waals surface area contributed by atoms with Crippen LogP contribution in [0, 0.1) is 0 Å². The normalized spacial score (nSPS) is 10.9. The number of halogens is 3. The van der Waals surface area contributed by atoms with Gasteiger partial charge in [-0.2, -0.15) is 27.9 Å². The molecule has 1 N–H and O–H groups in total. The van der Waals surface area contributed by atoms with Gasteiger partial charge >= 0.3 is 12.3 Å². The number of hydrogen-bond donors (Lipinski definition) is 1. The number of aryl methyl sites for hydroxylation is 1. The molecule has 0 aliphatic rings. The van der Waals surface area contributed by atoms with Crippen LogP contribution in [0.15, 0.2) is 60.9 Å². The van der Waals surface area contributed by atoms with E-state index >= 15 is 0 Å². The number of rotatable bonds is 4. The Hall–Kier alpha value is -4.24. The summed E-state index contributed by atoms with van der Waals surface area (Å²) in [6, 6.07) is 13.0. The van der Waals surface area contributed by atoms with E-state index in [0.29, 0.717) is 22.6 Å². The molecule has 4 aromatic rings. The highest BCUT2D eigenvalue weighted by atomic mass is 19.4. The molecule has 0 saturated carbocycles. The average molecular weight is 443 g/mol. The minimum absolute atomic E-state index is 0.107. The molecule has 2 heterocycles. The summed E-state index contributed by atoms with van der Waals surface area (Å²) in [5.41, 5.74) is 1.57. The van der Waals surface area contributed by atoms with Gasteiger partial charge in [-0.1, -0.05) is 30.3 Å². The number of phenolic OH excluding ortho intramolecular Hbond substituents is 1. The molecule has 2 aromatic carbocycles. The Kier molecular flexibility index (Phi) is 6.50. The minimum Gasteiger partial charge on any atom is -0.508 e. The van der Waals surface area contributed by atoms with Crippen molar-refractivity contribution in [2.24, 2.45) is 0 Å². The van der Waals surface area contributed by atoms with Crippen LogP contribution in [0.2, 0.25) is 0 Å². The van der Waals surface area contributed by atoms with Crippen molar-refractivity contribution < 1.29 is 27.9 Å². The van der Waals surface area contributed by atoms with Crippen molar-refractivity contribution in [1.29, 1.82) is 0 Å². The van der Waals surface area contributed by atoms with Crippen LogP contribution in [0.1, 0.15) is 18.2 Å². The van der Waals surface area contributed by atoms with E-state index in [1.165, 1.54) is 10.9 Å². The lowest BCUT2D eigenvalue weighted by Crippen LogP contribution is -2.15. The third-order valence-electron chi connectivity index (χ3n) is 4.49. The molecule has 4 rings (SSSR count). The Morgan fingerprint density at radius 2 is 1.75 bits per heavy atom. The third kappa shape index (κ3) is 4.73. The molecule has 0 bridgehead atoms. The van der Waals surface area contributed by atoms with Crippen molar-refractivity contribution in [2.45, 2.75) is 19.5 Å². The Balaban J connectivity index is 0.000000913. The summed E-state index contributed by atoms with van der Waals surface area (Å²) in [5, 5.41) is 21.6. The van der Waals surface area contributed by atoms with Crippen molar-refractivity contribution in [3.05, 3.63) is 72.2 Å². The largest absolute Gasteiger partial charge is 0.508 e. The summed E-state index contributed by atoms with van der Waals surface area (Å²) >= 11 is 0. The summed E-state index contributed by atoms with van der Waals surface area (Å²) in [5.74, 6) is 0.107. The second-order valence-electron chi connectivity index (χ2n) is 6.48. The molecular formula is C21H16F3N5O3. The molecule has 0 saturated heterocycles. The maximum absolute atomic E-state index is 13.5. The standard InChI is InChI=1S/C20H16F3N5O.CO2/c1-2-13-11-24-28(19(13)20(21,22)23)15-8-6-14(7-9-15)18-12-27(26-25-18)16-4-3-5-17(29)10-16;2-1-3/h3-12,29H,2H2,1H3;. The maximum Gasteiger partial charge on any atom is 0.433 e. The van der Waals surface area contributed by atoms with Gasteiger partial charge in [0.05, 0.1) is 23.8 Å². The highest BCUT2D eigenvalue weighted by molar-refractivity contribution is 5.60. The topological polar surface area (TPSA) is 103 Å². The first-order valence-corrected chi connectivity index (χ1v) is 9.24. The molecule has 11 heteroatoms. The van der Waals surface area contributed by atoms with Gasteiger partial charge < -0.3 is 5.11 Å². The molecule has 8 nitrogen and oxygen atoms in total. The minimum atomic E-state index is -4.50. The van der Waals surface area contributed by atoms with Gasteiger partial charge in [-0.25, -0.2) is 9.36 Å². The number of alkyl halides is 3. The van der Waals surface area contributed by atoms with E-state index in [1.54, 1.807) is 61.7 Å². The van der Waals surface area contributed by atoms with E-state index in [4.69, 9.17) is 9.59 Å². The second kappa shape index (κ2) is 9.27. The van der Waals surface area contributed by atoms with Crippen molar-refractivity contribution in [3.63, 3.8) is 0 Å². The first kappa shape index (κ1) is 22.4. The Morgan fingerprint density at radius 1 is 1.06 bits per heavy atom. The number of benzene rings is 2. The quantitative estimate of drug-likeness (QED) is 0.514. The van der Waals surface area contributed by atoms with E-state index in [9.17, 15) is 18.3 Å². The number of carbonyl (C=O) groups excluding carboxylic acids is 2. The van der Waals surface area contributed by atoms with E-state index in [-0.39, 0.29) is 23.9 Å². The molecule has 0 fully saturated rings. The van der Waals surface area contributed by atoms with Crippen LogP contribution in [0.4, 0.5) is 13.2 Å². The lowest BCUT2D eigenvalue weighted by Gasteiger charge is -2.12. The molecule has 0 spiro atoms. The molecule has 0 amide bonds. The molecule has 32 heavy (non-hydrogen) atoms. The number of aromatic hydroxyl groups is 1. The predicted octanol–water partition coefficient (Wildman–Crippen LogP) is 3.82. The van der Waals surface area contributed by atoms with Crippen molar-refractivity contribution in [1.82, 2.24) is 24.8 Å². The monoisotopic (exact) mass is 443 g/mol. The van der Waals surface area contributed by atoms with E-state index in [1.807, 2.05) is 0 Å². The Morgan fingerprint density at radius 3 is 2.34 bits per heavy atom. The van der Waals surface area contributed by atoms with Gasteiger partial charge in [0.15, 0.2) is 5.69 Å². The van der Waals surface area contributed by atoms with Crippen LogP contribution in [0.3, 0.4) is 0 Å². The first-order chi connectivity index (χ1) is 15.3. The van der Waals surface area contributed by atoms with Crippen molar-refractivity contribution in [3.8, 4) is 28.4 Å². The molecule has 0 radical (unpaired) electrons. The smallest absolute Gasteiger partial charge is 0.433 e. The molecular weight excluding hydrogens is 427 g/mol. The van der Waals surface area contributed by atoms with Crippen LogP contribution < -0.4 is 0 Å². The summed E-state index contributed by atoms with van der Waals surface area (Å²) in [7, 11) is 0. The van der Waals surface area contributed by atoms with E-state index in [2.05, 4.69) is 15.4 Å². The van der Waals surface area contributed by atoms with Crippen LogP contribution >= 0.6 is 0 Å². The van der Waals surface area contributed by atoms with E-state index in [0.717, 1.165) is 4.68 Å². The second-order valence-corrected chi connectivity index (χ2v) is 6.48. The lowest BCUT2D eigenvalue weighted by atomic mass is 10.1. The molecule has 2 aromatic heterocycles. The molecule has 164 valence electrons. The first-order valence-electron chi connectivity index (χ1n) is 9.24. The number of nitrogens with zero attached hydrogens (tertiary/aromatic N) is 5. The molecule has 0 aliphatic carbocycles. The lowest BCUT2D eigenvalue weighted by molar-refractivity contribution is -0.191. The Labute approximate surface area is 179 Å². The van der Waals surface area contributed by atoms with Crippen LogP contribution in [-0.2, 0) is 22.2 Å². The molecule has 0 atom stereocenters. The van der Waals surface area contributed by atoms with Gasteiger partial charge in [-0.15, -0.1) is 5.10 Å². The third-order valence-corrected chi connectivity index (χ3v) is 4.49. The zero-order valence-electron chi connectivity index (χ0n) is 16.6. The number of phenols is 1. The van der Waals surface area contributed by atoms with Crippen molar-refractivity contribution >= 4 is 6.15 Å². The summed E-state index contributed by atoms with van der Waals surface area (Å²) in [4.78, 5) is 16.2. The van der Waals surface area contributed by atoms with Gasteiger partial charge in [-0.05, 0) is 30.7 Å². The summed E-state index contributed by atoms with van der Waals surface area (Å²) in [6.45, 7) is 1.66. The summed E-state index contributed by atoms with van der Waals surface area (Å²) < 4.78 is 42.8. The summed E-state index contributed by atoms with van der Waals surface area (Å²) in [6.07, 6.45) is -1.08. The maximum atomic E-state index is 13.5. The highest BCUT2D eigenvalue weighted by Crippen LogP contribution is 2.34. The Bertz CT molecular complexity index is 1240. The van der Waals surface area contributed by atoms with Crippen LogP contribution in [-0.4, -0.2) is 36.0 Å². The van der Waals surface area contributed by atoms with Crippen LogP contribution in [0.25, 0.3) is 22.6 Å². The number of hydrogen-bond acceptors (Lipinski definition) is 6. The molecule has 0 unspecified atom stereocenters. The van der Waals surface area contributed by atoms with Gasteiger partial charge in [0.2, 0.25) is 0 Å². The van der Waals surface area contributed by atoms with Gasteiger partial charge in [-0.3, -0.25) is 0 Å². The van der Waals surface area contributed by atoms with Crippen LogP contribution in [0.5, 0.6) is 5.75 Å². The fraction of sp³-hybridized carbons (Fsp3) is 0.143. The number of aromatic nitrogens is 5. The molecule has 0 aliphatic heterocycles. The zero-order chi connectivity index (χ0) is 23.3. The van der Waals surface area contributed by atoms with Gasteiger partial charge in [0.25, 0.3) is 0 Å².